The van der Waals surface area contributed by atoms with E-state index in [4.69, 9.17) is 15.3 Å². The van der Waals surface area contributed by atoms with Crippen molar-refractivity contribution in [3.05, 3.63) is 0 Å². The molecule has 0 atom stereocenters. The van der Waals surface area contributed by atoms with Crippen LogP contribution in [-0.4, -0.2) is 45.2 Å². The molecule has 0 bridgehead atoms. The van der Waals surface area contributed by atoms with Crippen LogP contribution in [-0.2, 0) is 8.98 Å². The molecule has 0 saturated heterocycles. The molecule has 0 fully saturated rings. The molecule has 0 saturated carbocycles. The van der Waals surface area contributed by atoms with Crippen LogP contribution in [0, 0.1) is 5.41 Å². The molecular weight excluding hydrogens is 272 g/mol. The fraction of sp³-hybridized carbons (Fsp3) is 0.875. The number of hydrogen-bond acceptors (Lipinski definition) is 8. The van der Waals surface area contributed by atoms with Crippen molar-refractivity contribution in [1.82, 2.24) is 0 Å². The van der Waals surface area contributed by atoms with Gasteiger partial charge in [-0.05, 0) is 6.42 Å². The fourth-order valence-electron chi connectivity index (χ4n) is 1.24. The Bertz CT molecular complexity index is 221. The number of hydrogen-bond donors (Lipinski definition) is 6. The van der Waals surface area contributed by atoms with E-state index in [9.17, 15) is 4.79 Å². The Morgan fingerprint density at radius 3 is 1.88 bits per heavy atom. The standard InChI is InChI=1S/C8H16O5S3/c9-3-7(4-10,5-11)2-8(14,15)1-6(12)13-16/h9-11,14-16H,1-5H2. The molecular formula is C8H16O5S3. The summed E-state index contributed by atoms with van der Waals surface area (Å²) in [4.78, 5) is 11.0. The zero-order valence-electron chi connectivity index (χ0n) is 8.54. The summed E-state index contributed by atoms with van der Waals surface area (Å²) in [6.45, 7) is -1.30. The van der Waals surface area contributed by atoms with Crippen molar-refractivity contribution in [3.8, 4) is 0 Å². The molecule has 0 aliphatic heterocycles. The molecule has 16 heavy (non-hydrogen) atoms. The molecule has 3 N–H and O–H groups in total. The molecule has 0 amide bonds. The second kappa shape index (κ2) is 6.97. The second-order valence-corrected chi connectivity index (χ2v) is 6.02. The minimum Gasteiger partial charge on any atom is -0.396 e. The highest BCUT2D eigenvalue weighted by atomic mass is 32.2. The van der Waals surface area contributed by atoms with Crippen molar-refractivity contribution in [2.75, 3.05) is 19.8 Å². The third-order valence-electron chi connectivity index (χ3n) is 2.19. The summed E-state index contributed by atoms with van der Waals surface area (Å²) in [5.41, 5.74) is -1.12. The lowest BCUT2D eigenvalue weighted by molar-refractivity contribution is -0.133. The maximum atomic E-state index is 11.0. The van der Waals surface area contributed by atoms with Crippen LogP contribution >= 0.6 is 38.2 Å². The van der Waals surface area contributed by atoms with E-state index in [1.807, 2.05) is 0 Å². The molecule has 0 unspecified atom stereocenters. The van der Waals surface area contributed by atoms with Gasteiger partial charge in [-0.15, -0.1) is 0 Å². The van der Waals surface area contributed by atoms with Gasteiger partial charge in [0.15, 0.2) is 0 Å². The van der Waals surface area contributed by atoms with Gasteiger partial charge in [0.25, 0.3) is 0 Å². The maximum Gasteiger partial charge on any atom is 0.319 e. The smallest absolute Gasteiger partial charge is 0.319 e. The Kier molecular flexibility index (Phi) is 7.15. The SMILES string of the molecule is O=C(CC(S)(S)CC(CO)(CO)CO)OS. The Hall–Kier alpha value is 0.400. The average Bonchev–Trinajstić information content (AvgIpc) is 2.25. The molecule has 0 spiro atoms. The van der Waals surface area contributed by atoms with Crippen LogP contribution < -0.4 is 0 Å². The van der Waals surface area contributed by atoms with Crippen molar-refractivity contribution in [1.29, 1.82) is 0 Å². The van der Waals surface area contributed by atoms with Crippen LogP contribution in [0.1, 0.15) is 12.8 Å². The normalized spacial score (nSPS) is 12.6. The zero-order chi connectivity index (χ0) is 12.8. The van der Waals surface area contributed by atoms with Crippen LogP contribution in [0.2, 0.25) is 0 Å². The highest BCUT2D eigenvalue weighted by Crippen LogP contribution is 2.37. The highest BCUT2D eigenvalue weighted by Gasteiger charge is 2.38. The Balaban J connectivity index is 4.58. The van der Waals surface area contributed by atoms with Crippen molar-refractivity contribution >= 4 is 44.1 Å². The molecule has 0 radical (unpaired) electrons. The summed E-state index contributed by atoms with van der Waals surface area (Å²) in [6.07, 6.45) is -0.122. The number of aliphatic hydroxyl groups is 3. The first-order valence-electron chi connectivity index (χ1n) is 4.46. The molecule has 0 aliphatic rings. The highest BCUT2D eigenvalue weighted by molar-refractivity contribution is 8.00. The van der Waals surface area contributed by atoms with Crippen molar-refractivity contribution in [2.24, 2.45) is 5.41 Å². The largest absolute Gasteiger partial charge is 0.396 e. The summed E-state index contributed by atoms with van der Waals surface area (Å²) < 4.78 is 3.07. The van der Waals surface area contributed by atoms with Gasteiger partial charge in [0.1, 0.15) is 0 Å². The third-order valence-corrected chi connectivity index (χ3v) is 3.03. The summed E-state index contributed by atoms with van der Waals surface area (Å²) in [5, 5.41) is 27.3. The number of carbonyl (C=O) groups is 1. The number of carbonyl (C=O) groups excluding carboxylic acids is 1. The number of thiol groups is 3. The van der Waals surface area contributed by atoms with Gasteiger partial charge in [0, 0.05) is 18.3 Å². The van der Waals surface area contributed by atoms with Gasteiger partial charge in [-0.2, -0.15) is 25.3 Å². The van der Waals surface area contributed by atoms with E-state index in [2.05, 4.69) is 42.4 Å². The van der Waals surface area contributed by atoms with Gasteiger partial charge in [0.05, 0.1) is 30.3 Å². The minimum absolute atomic E-state index is 0.0403. The van der Waals surface area contributed by atoms with Crippen LogP contribution in [0.4, 0.5) is 0 Å². The van der Waals surface area contributed by atoms with E-state index < -0.39 is 35.3 Å². The monoisotopic (exact) mass is 288 g/mol. The van der Waals surface area contributed by atoms with E-state index in [0.29, 0.717) is 0 Å². The van der Waals surface area contributed by atoms with E-state index >= 15 is 0 Å². The molecule has 0 aliphatic carbocycles. The summed E-state index contributed by atoms with van der Waals surface area (Å²) >= 11 is 11.6. The van der Waals surface area contributed by atoms with Gasteiger partial charge in [0.2, 0.25) is 0 Å². The molecule has 0 heterocycles. The third kappa shape index (κ3) is 5.15. The Labute approximate surface area is 111 Å². The summed E-state index contributed by atoms with van der Waals surface area (Å²) in [7, 11) is 0. The van der Waals surface area contributed by atoms with Crippen LogP contribution in [0.5, 0.6) is 0 Å². The predicted octanol–water partition coefficient (Wildman–Crippen LogP) is -0.326. The topological polar surface area (TPSA) is 87.0 Å². The lowest BCUT2D eigenvalue weighted by atomic mass is 9.84. The van der Waals surface area contributed by atoms with Gasteiger partial charge < -0.3 is 19.5 Å². The fourth-order valence-corrected chi connectivity index (χ4v) is 2.24. The van der Waals surface area contributed by atoms with Gasteiger partial charge in [-0.3, -0.25) is 4.79 Å². The maximum absolute atomic E-state index is 11.0. The first kappa shape index (κ1) is 16.4. The van der Waals surface area contributed by atoms with Gasteiger partial charge in [-0.25, -0.2) is 0 Å². The lowest BCUT2D eigenvalue weighted by Gasteiger charge is -2.34. The van der Waals surface area contributed by atoms with E-state index in [1.165, 1.54) is 0 Å². The molecule has 5 nitrogen and oxygen atoms in total. The Morgan fingerprint density at radius 2 is 1.56 bits per heavy atom. The van der Waals surface area contributed by atoms with Crippen LogP contribution in [0.3, 0.4) is 0 Å². The predicted molar refractivity (Wildman–Crippen MR) is 68.7 cm³/mol. The first-order chi connectivity index (χ1) is 7.34. The molecule has 0 aromatic carbocycles. The van der Waals surface area contributed by atoms with Crippen molar-refractivity contribution in [2.45, 2.75) is 16.9 Å². The van der Waals surface area contributed by atoms with Gasteiger partial charge >= 0.3 is 5.97 Å². The quantitative estimate of drug-likeness (QED) is 0.220. The van der Waals surface area contributed by atoms with Crippen LogP contribution in [0.25, 0.3) is 0 Å². The van der Waals surface area contributed by atoms with Crippen molar-refractivity contribution in [3.63, 3.8) is 0 Å². The molecule has 0 rings (SSSR count). The van der Waals surface area contributed by atoms with Crippen molar-refractivity contribution < 1.29 is 24.3 Å². The molecule has 8 heteroatoms. The van der Waals surface area contributed by atoms with E-state index in [0.717, 1.165) is 0 Å². The summed E-state index contributed by atoms with van der Waals surface area (Å²) in [5.74, 6) is -0.629. The van der Waals surface area contributed by atoms with E-state index in [1.54, 1.807) is 0 Å². The summed E-state index contributed by atoms with van der Waals surface area (Å²) in [6, 6.07) is 0. The zero-order valence-corrected chi connectivity index (χ0v) is 11.2. The van der Waals surface area contributed by atoms with Gasteiger partial charge in [-0.1, -0.05) is 0 Å². The number of rotatable bonds is 7. The lowest BCUT2D eigenvalue weighted by Crippen LogP contribution is -2.40. The molecule has 0 aromatic heterocycles. The molecule has 0 aromatic rings. The minimum atomic E-state index is -1.12. The number of aliphatic hydroxyl groups excluding tert-OH is 3. The average molecular weight is 288 g/mol. The molecule has 96 valence electrons. The van der Waals surface area contributed by atoms with E-state index in [-0.39, 0.29) is 12.8 Å². The van der Waals surface area contributed by atoms with Crippen LogP contribution in [0.15, 0.2) is 0 Å². The second-order valence-electron chi connectivity index (χ2n) is 3.77. The Morgan fingerprint density at radius 1 is 1.12 bits per heavy atom. The first-order valence-corrected chi connectivity index (χ1v) is 5.72.